The van der Waals surface area contributed by atoms with E-state index in [1.807, 2.05) is 6.92 Å². The molecular formula is C16H30F4I2O6S. The van der Waals surface area contributed by atoms with Crippen LogP contribution < -0.4 is 0 Å². The van der Waals surface area contributed by atoms with Gasteiger partial charge in [-0.15, -0.1) is 0 Å². The number of esters is 1. The Hall–Kier alpha value is 0.520. The molecule has 0 radical (unpaired) electrons. The van der Waals surface area contributed by atoms with E-state index in [1.165, 1.54) is 0 Å². The molecule has 0 aliphatic carbocycles. The molecule has 178 valence electrons. The second-order valence-corrected chi connectivity index (χ2v) is 21.0. The van der Waals surface area contributed by atoms with Crippen molar-refractivity contribution in [2.24, 2.45) is 0 Å². The van der Waals surface area contributed by atoms with Crippen LogP contribution in [0.3, 0.4) is 0 Å². The monoisotopic (exact) mass is 680 g/mol. The van der Waals surface area contributed by atoms with Crippen molar-refractivity contribution in [3.05, 3.63) is 0 Å². The van der Waals surface area contributed by atoms with E-state index < -0.39 is 77.2 Å². The Morgan fingerprint density at radius 1 is 1.00 bits per heavy atom. The van der Waals surface area contributed by atoms with Crippen LogP contribution in [0.1, 0.15) is 26.2 Å². The van der Waals surface area contributed by atoms with Gasteiger partial charge in [0.25, 0.3) is 0 Å². The normalized spacial score (nSPS) is 16.2. The number of carbonyl (C=O) groups is 1. The average molecular weight is 680 g/mol. The number of ether oxygens (including phenoxy) is 2. The van der Waals surface area contributed by atoms with Gasteiger partial charge in [0.1, 0.15) is 0 Å². The first-order chi connectivity index (χ1) is 13.0. The van der Waals surface area contributed by atoms with Crippen molar-refractivity contribution < 1.29 is 44.8 Å². The number of rotatable bonds is 14. The summed E-state index contributed by atoms with van der Waals surface area (Å²) in [6, 6.07) is 0. The van der Waals surface area contributed by atoms with Gasteiger partial charge in [0.15, 0.2) is 0 Å². The van der Waals surface area contributed by atoms with E-state index in [-0.39, 0.29) is 25.8 Å². The number of alkyl halides is 10. The molecule has 0 aliphatic heterocycles. The standard InChI is InChI=1S/C16H30F4I2O6S/c1-14(22(4)5,12-21(2)3)13(23)28-11-7-10-27-9-6-8-15(17,18)16(19,20)29(24,25)26/h6-12H2,1-5H3,(H,24,25,26). The molecule has 0 aromatic heterocycles. The minimum absolute atomic E-state index is 0.0743. The van der Waals surface area contributed by atoms with Crippen molar-refractivity contribution in [3.63, 3.8) is 0 Å². The maximum absolute atomic E-state index is 13.3. The topological polar surface area (TPSA) is 89.9 Å². The van der Waals surface area contributed by atoms with Crippen LogP contribution in [0.5, 0.6) is 0 Å². The average Bonchev–Trinajstić information content (AvgIpc) is 2.54. The zero-order chi connectivity index (χ0) is 23.1. The fourth-order valence-electron chi connectivity index (χ4n) is 2.12. The van der Waals surface area contributed by atoms with Crippen LogP contribution >= 0.6 is 39.6 Å². The summed E-state index contributed by atoms with van der Waals surface area (Å²) in [5, 5.41) is -5.56. The van der Waals surface area contributed by atoms with E-state index in [9.17, 15) is 30.8 Å². The Bertz CT molecular complexity index is 631. The van der Waals surface area contributed by atoms with E-state index >= 15 is 0 Å². The van der Waals surface area contributed by atoms with Crippen molar-refractivity contribution in [1.29, 1.82) is 0 Å². The zero-order valence-corrected chi connectivity index (χ0v) is 22.2. The van der Waals surface area contributed by atoms with Crippen molar-refractivity contribution in [1.82, 2.24) is 0 Å². The van der Waals surface area contributed by atoms with Gasteiger partial charge in [-0.05, 0) is 0 Å². The molecule has 13 heteroatoms. The van der Waals surface area contributed by atoms with Gasteiger partial charge in [-0.25, -0.2) is 0 Å². The molecule has 0 rings (SSSR count). The van der Waals surface area contributed by atoms with E-state index in [4.69, 9.17) is 14.0 Å². The van der Waals surface area contributed by atoms with Crippen molar-refractivity contribution >= 4 is 55.7 Å². The molecule has 0 aromatic carbocycles. The van der Waals surface area contributed by atoms with Gasteiger partial charge < -0.3 is 0 Å². The van der Waals surface area contributed by atoms with Crippen LogP contribution in [0.4, 0.5) is 17.6 Å². The number of hydrogen-bond acceptors (Lipinski definition) is 5. The molecule has 1 atom stereocenters. The molecule has 1 N–H and O–H groups in total. The third kappa shape index (κ3) is 8.88. The van der Waals surface area contributed by atoms with E-state index in [2.05, 4.69) is 19.7 Å². The fraction of sp³-hybridized carbons (Fsp3) is 0.938. The third-order valence-electron chi connectivity index (χ3n) is 3.97. The van der Waals surface area contributed by atoms with E-state index in [1.54, 1.807) is 0 Å². The molecule has 0 amide bonds. The molecule has 0 spiro atoms. The molecule has 6 nitrogen and oxygen atoms in total. The summed E-state index contributed by atoms with van der Waals surface area (Å²) in [5.74, 6) is -5.13. The maximum atomic E-state index is 13.3. The van der Waals surface area contributed by atoms with Crippen molar-refractivity contribution in [2.45, 2.75) is 40.8 Å². The third-order valence-corrected chi connectivity index (χ3v) is 15.0. The summed E-state index contributed by atoms with van der Waals surface area (Å²) in [7, 11) is -6.22. The first-order valence-corrected chi connectivity index (χ1v) is 21.1. The van der Waals surface area contributed by atoms with Gasteiger partial charge in [-0.2, -0.15) is 17.2 Å². The van der Waals surface area contributed by atoms with Crippen LogP contribution in [0.25, 0.3) is 0 Å². The van der Waals surface area contributed by atoms with Gasteiger partial charge in [-0.3, -0.25) is 4.55 Å². The number of hydrogen-bond donors (Lipinski definition) is 1. The van der Waals surface area contributed by atoms with Gasteiger partial charge in [-0.1, -0.05) is 0 Å². The first-order valence-electron chi connectivity index (χ1n) is 8.43. The van der Waals surface area contributed by atoms with Crippen LogP contribution in [-0.4, -0.2) is 77.5 Å². The van der Waals surface area contributed by atoms with Gasteiger partial charge >= 0.3 is 164 Å². The second kappa shape index (κ2) is 11.9. The quantitative estimate of drug-likeness (QED) is 0.0743. The molecular weight excluding hydrogens is 650 g/mol. The minimum atomic E-state index is -6.22. The Labute approximate surface area is 184 Å². The zero-order valence-electron chi connectivity index (χ0n) is 17.1. The molecule has 0 fully saturated rings. The van der Waals surface area contributed by atoms with Crippen molar-refractivity contribution in [3.8, 4) is 0 Å². The summed E-state index contributed by atoms with van der Waals surface area (Å²) in [6.07, 6.45) is -1.68. The van der Waals surface area contributed by atoms with Crippen LogP contribution in [-0.2, 0) is 24.4 Å². The summed E-state index contributed by atoms with van der Waals surface area (Å²) in [6.45, 7) is 1.83. The fourth-order valence-corrected chi connectivity index (χ4v) is 15.1. The van der Waals surface area contributed by atoms with Crippen LogP contribution in [0, 0.1) is 0 Å². The molecule has 1 unspecified atom stereocenters. The van der Waals surface area contributed by atoms with Crippen molar-refractivity contribution in [2.75, 3.05) is 44.0 Å². The van der Waals surface area contributed by atoms with Gasteiger partial charge in [0.05, 0.1) is 0 Å². The van der Waals surface area contributed by atoms with Crippen LogP contribution in [0.2, 0.25) is 0 Å². The molecule has 0 heterocycles. The predicted molar refractivity (Wildman–Crippen MR) is 122 cm³/mol. The Morgan fingerprint density at radius 3 is 1.97 bits per heavy atom. The molecule has 0 aliphatic rings. The number of halogens is 6. The molecule has 0 saturated heterocycles. The second-order valence-electron chi connectivity index (χ2n) is 6.90. The summed E-state index contributed by atoms with van der Waals surface area (Å²) in [5.41, 5.74) is 0. The first kappa shape index (κ1) is 29.5. The van der Waals surface area contributed by atoms with E-state index in [0.717, 1.165) is 4.43 Å². The summed E-state index contributed by atoms with van der Waals surface area (Å²) < 4.78 is 92.5. The molecule has 29 heavy (non-hydrogen) atoms. The Morgan fingerprint density at radius 2 is 1.52 bits per heavy atom. The van der Waals surface area contributed by atoms with E-state index in [0.29, 0.717) is 6.42 Å². The Balaban J connectivity index is 4.23. The Kier molecular flexibility index (Phi) is 12.2. The SMILES string of the molecule is CI(C)CC(C)(C(=O)OCCCOCCCC(F)(F)C(F)(F)S(=O)(=O)O)I(C)C. The molecule has 0 saturated carbocycles. The summed E-state index contributed by atoms with van der Waals surface area (Å²) >= 11 is -2.60. The number of carbonyl (C=O) groups excluding carboxylic acids is 1. The molecule has 0 bridgehead atoms. The van der Waals surface area contributed by atoms with Gasteiger partial charge in [0.2, 0.25) is 0 Å². The summed E-state index contributed by atoms with van der Waals surface area (Å²) in [4.78, 5) is 21.1. The predicted octanol–water partition coefficient (Wildman–Crippen LogP) is 4.12. The van der Waals surface area contributed by atoms with Crippen LogP contribution in [0.15, 0.2) is 0 Å². The van der Waals surface area contributed by atoms with Gasteiger partial charge in [0, 0.05) is 0 Å². The molecule has 0 aromatic rings.